The first kappa shape index (κ1) is 15.4. The van der Waals surface area contributed by atoms with E-state index < -0.39 is 11.6 Å². The molecule has 0 bridgehead atoms. The van der Waals surface area contributed by atoms with E-state index in [1.807, 2.05) is 51.1 Å². The molecule has 2 N–H and O–H groups in total. The summed E-state index contributed by atoms with van der Waals surface area (Å²) < 4.78 is 5.27. The SMILES string of the molecule is C=CCc1cccc(C[C@@H](N)C(=O)OC(C)(C)C)c1. The average molecular weight is 261 g/mol. The van der Waals surface area contributed by atoms with Crippen LogP contribution in [0.3, 0.4) is 0 Å². The molecule has 1 aromatic rings. The predicted octanol–water partition coefficient (Wildman–Crippen LogP) is 2.63. The lowest BCUT2D eigenvalue weighted by atomic mass is 10.0. The molecule has 0 aliphatic rings. The summed E-state index contributed by atoms with van der Waals surface area (Å²) in [7, 11) is 0. The van der Waals surface area contributed by atoms with Crippen LogP contribution in [0.4, 0.5) is 0 Å². The van der Waals surface area contributed by atoms with Crippen LogP contribution in [0.1, 0.15) is 31.9 Å². The lowest BCUT2D eigenvalue weighted by molar-refractivity contribution is -0.156. The van der Waals surface area contributed by atoms with E-state index in [1.54, 1.807) is 0 Å². The second kappa shape index (κ2) is 6.53. The smallest absolute Gasteiger partial charge is 0.323 e. The highest BCUT2D eigenvalue weighted by atomic mass is 16.6. The number of allylic oxidation sites excluding steroid dienone is 1. The van der Waals surface area contributed by atoms with Crippen LogP contribution in [-0.4, -0.2) is 17.6 Å². The monoisotopic (exact) mass is 261 g/mol. The predicted molar refractivity (Wildman–Crippen MR) is 77.9 cm³/mol. The third-order valence-corrected chi connectivity index (χ3v) is 2.54. The van der Waals surface area contributed by atoms with Crippen molar-refractivity contribution < 1.29 is 9.53 Å². The molecular weight excluding hydrogens is 238 g/mol. The summed E-state index contributed by atoms with van der Waals surface area (Å²) in [6, 6.07) is 7.39. The van der Waals surface area contributed by atoms with Crippen molar-refractivity contribution in [3.8, 4) is 0 Å². The lowest BCUT2D eigenvalue weighted by Gasteiger charge is -2.22. The first-order valence-electron chi connectivity index (χ1n) is 6.49. The van der Waals surface area contributed by atoms with Crippen LogP contribution >= 0.6 is 0 Å². The molecule has 19 heavy (non-hydrogen) atoms. The summed E-state index contributed by atoms with van der Waals surface area (Å²) in [5.41, 5.74) is 7.59. The lowest BCUT2D eigenvalue weighted by Crippen LogP contribution is -2.38. The third-order valence-electron chi connectivity index (χ3n) is 2.54. The Morgan fingerprint density at radius 2 is 2.05 bits per heavy atom. The van der Waals surface area contributed by atoms with E-state index in [4.69, 9.17) is 10.5 Å². The summed E-state index contributed by atoms with van der Waals surface area (Å²) in [6.07, 6.45) is 3.16. The number of hydrogen-bond donors (Lipinski definition) is 1. The Morgan fingerprint density at radius 3 is 2.63 bits per heavy atom. The molecule has 0 aliphatic carbocycles. The number of nitrogens with two attached hydrogens (primary N) is 1. The van der Waals surface area contributed by atoms with Gasteiger partial charge in [-0.15, -0.1) is 6.58 Å². The topological polar surface area (TPSA) is 52.3 Å². The van der Waals surface area contributed by atoms with Crippen LogP contribution in [-0.2, 0) is 22.4 Å². The van der Waals surface area contributed by atoms with E-state index in [-0.39, 0.29) is 5.97 Å². The normalized spacial score (nSPS) is 12.8. The zero-order chi connectivity index (χ0) is 14.5. The van der Waals surface area contributed by atoms with Gasteiger partial charge in [0.15, 0.2) is 0 Å². The fraction of sp³-hybridized carbons (Fsp3) is 0.438. The van der Waals surface area contributed by atoms with Crippen molar-refractivity contribution in [2.24, 2.45) is 5.73 Å². The van der Waals surface area contributed by atoms with Crippen molar-refractivity contribution in [3.63, 3.8) is 0 Å². The maximum atomic E-state index is 11.8. The fourth-order valence-corrected chi connectivity index (χ4v) is 1.76. The first-order valence-corrected chi connectivity index (χ1v) is 6.49. The zero-order valence-corrected chi connectivity index (χ0v) is 12.0. The molecule has 0 fully saturated rings. The molecule has 0 unspecified atom stereocenters. The van der Waals surface area contributed by atoms with Gasteiger partial charge in [0.25, 0.3) is 0 Å². The molecule has 0 saturated heterocycles. The van der Waals surface area contributed by atoms with E-state index >= 15 is 0 Å². The van der Waals surface area contributed by atoms with Crippen LogP contribution < -0.4 is 5.73 Å². The molecule has 104 valence electrons. The molecule has 1 aromatic carbocycles. The minimum atomic E-state index is -0.627. The summed E-state index contributed by atoms with van der Waals surface area (Å²) in [5, 5.41) is 0. The van der Waals surface area contributed by atoms with Gasteiger partial charge in [-0.3, -0.25) is 4.79 Å². The van der Waals surface area contributed by atoms with Gasteiger partial charge in [0, 0.05) is 0 Å². The summed E-state index contributed by atoms with van der Waals surface area (Å²) in [6.45, 7) is 9.22. The second-order valence-electron chi connectivity index (χ2n) is 5.66. The van der Waals surface area contributed by atoms with Gasteiger partial charge in [0.05, 0.1) is 0 Å². The molecule has 1 rings (SSSR count). The maximum Gasteiger partial charge on any atom is 0.323 e. The van der Waals surface area contributed by atoms with E-state index in [0.29, 0.717) is 6.42 Å². The summed E-state index contributed by atoms with van der Waals surface area (Å²) in [5.74, 6) is -0.360. The Hall–Kier alpha value is -1.61. The van der Waals surface area contributed by atoms with Gasteiger partial charge < -0.3 is 10.5 Å². The molecule has 0 aliphatic heterocycles. The molecule has 0 heterocycles. The Balaban J connectivity index is 2.65. The quantitative estimate of drug-likeness (QED) is 0.655. The molecule has 0 spiro atoms. The van der Waals surface area contributed by atoms with Gasteiger partial charge in [-0.05, 0) is 44.7 Å². The van der Waals surface area contributed by atoms with Crippen molar-refractivity contribution in [2.45, 2.75) is 45.3 Å². The highest BCUT2D eigenvalue weighted by Crippen LogP contribution is 2.12. The Bertz CT molecular complexity index is 446. The number of carbonyl (C=O) groups excluding carboxylic acids is 1. The van der Waals surface area contributed by atoms with Gasteiger partial charge in [-0.25, -0.2) is 0 Å². The van der Waals surface area contributed by atoms with Crippen molar-refractivity contribution in [2.75, 3.05) is 0 Å². The average Bonchev–Trinajstić information content (AvgIpc) is 2.27. The van der Waals surface area contributed by atoms with Crippen LogP contribution in [0.15, 0.2) is 36.9 Å². The van der Waals surface area contributed by atoms with E-state index in [2.05, 4.69) is 6.58 Å². The van der Waals surface area contributed by atoms with Crippen LogP contribution in [0.2, 0.25) is 0 Å². The van der Waals surface area contributed by atoms with Crippen LogP contribution in [0, 0.1) is 0 Å². The van der Waals surface area contributed by atoms with Gasteiger partial charge in [-0.1, -0.05) is 30.3 Å². The van der Waals surface area contributed by atoms with Crippen LogP contribution in [0.5, 0.6) is 0 Å². The van der Waals surface area contributed by atoms with Crippen molar-refractivity contribution in [1.82, 2.24) is 0 Å². The molecule has 3 heteroatoms. The van der Waals surface area contributed by atoms with E-state index in [0.717, 1.165) is 12.0 Å². The summed E-state index contributed by atoms with van der Waals surface area (Å²) >= 11 is 0. The maximum absolute atomic E-state index is 11.8. The number of ether oxygens (including phenoxy) is 1. The van der Waals surface area contributed by atoms with Crippen LogP contribution in [0.25, 0.3) is 0 Å². The highest BCUT2D eigenvalue weighted by Gasteiger charge is 2.22. The molecular formula is C16H23NO2. The van der Waals surface area contributed by atoms with E-state index in [1.165, 1.54) is 5.56 Å². The van der Waals surface area contributed by atoms with Crippen molar-refractivity contribution >= 4 is 5.97 Å². The molecule has 1 atom stereocenters. The zero-order valence-electron chi connectivity index (χ0n) is 12.0. The number of benzene rings is 1. The Labute approximate surface area is 115 Å². The molecule has 0 saturated carbocycles. The van der Waals surface area contributed by atoms with Gasteiger partial charge >= 0.3 is 5.97 Å². The first-order chi connectivity index (χ1) is 8.81. The molecule has 0 radical (unpaired) electrons. The molecule has 0 amide bonds. The fourth-order valence-electron chi connectivity index (χ4n) is 1.76. The second-order valence-corrected chi connectivity index (χ2v) is 5.66. The summed E-state index contributed by atoms with van der Waals surface area (Å²) in [4.78, 5) is 11.8. The number of hydrogen-bond acceptors (Lipinski definition) is 3. The van der Waals surface area contributed by atoms with Gasteiger partial charge in [-0.2, -0.15) is 0 Å². The minimum absolute atomic E-state index is 0.360. The van der Waals surface area contributed by atoms with Gasteiger partial charge in [0.1, 0.15) is 11.6 Å². The molecule has 3 nitrogen and oxygen atoms in total. The number of esters is 1. The Kier molecular flexibility index (Phi) is 5.31. The highest BCUT2D eigenvalue weighted by molar-refractivity contribution is 5.76. The standard InChI is InChI=1S/C16H23NO2/c1-5-7-12-8-6-9-13(10-12)11-14(17)15(18)19-16(2,3)4/h5-6,8-10,14H,1,7,11,17H2,2-4H3/t14-/m1/s1. The number of carbonyl (C=O) groups is 1. The van der Waals surface area contributed by atoms with Gasteiger partial charge in [0.2, 0.25) is 0 Å². The minimum Gasteiger partial charge on any atom is -0.459 e. The number of rotatable bonds is 5. The van der Waals surface area contributed by atoms with Crippen molar-refractivity contribution in [3.05, 3.63) is 48.0 Å². The van der Waals surface area contributed by atoms with Crippen molar-refractivity contribution in [1.29, 1.82) is 0 Å². The van der Waals surface area contributed by atoms with E-state index in [9.17, 15) is 4.79 Å². The molecule has 0 aromatic heterocycles. The largest absolute Gasteiger partial charge is 0.459 e. The Morgan fingerprint density at radius 1 is 1.42 bits per heavy atom. The third kappa shape index (κ3) is 5.71.